The molecule has 0 aromatic heterocycles. The van der Waals surface area contributed by atoms with Crippen molar-refractivity contribution in [2.24, 2.45) is 17.3 Å². The van der Waals surface area contributed by atoms with Gasteiger partial charge in [0.25, 0.3) is 5.60 Å². The van der Waals surface area contributed by atoms with Gasteiger partial charge >= 0.3 is 18.3 Å². The molecule has 1 aliphatic rings. The molecule has 1 heterocycles. The summed E-state index contributed by atoms with van der Waals surface area (Å²) in [4.78, 5) is 12.7. The molecule has 0 saturated carbocycles. The number of carbonyl (C=O) groups is 1. The lowest BCUT2D eigenvalue weighted by Crippen LogP contribution is -2.59. The number of aliphatic hydroxyl groups is 1. The molecule has 2 aromatic rings. The molecule has 1 saturated heterocycles. The standard InChI is InChI=1S/C22H22F6O3/c1-12(2)19(3)16(11-20(30,21(23,24)25)22(26,27)28)17(31-18(19)29)15-9-8-13-6-4-5-7-14(13)10-15/h4-10,12,16-17,30H,11H2,1-3H3. The maximum absolute atomic E-state index is 13.4. The lowest BCUT2D eigenvalue weighted by Gasteiger charge is -2.40. The molecular formula is C22H22F6O3. The molecular weight excluding hydrogens is 426 g/mol. The van der Waals surface area contributed by atoms with Crippen LogP contribution in [0.2, 0.25) is 0 Å². The van der Waals surface area contributed by atoms with E-state index in [2.05, 4.69) is 0 Å². The van der Waals surface area contributed by atoms with Crippen molar-refractivity contribution in [3.8, 4) is 0 Å². The van der Waals surface area contributed by atoms with Crippen LogP contribution in [0, 0.1) is 17.3 Å². The van der Waals surface area contributed by atoms with Crippen molar-refractivity contribution in [3.63, 3.8) is 0 Å². The topological polar surface area (TPSA) is 46.5 Å². The van der Waals surface area contributed by atoms with E-state index < -0.39 is 53.7 Å². The summed E-state index contributed by atoms with van der Waals surface area (Å²) in [6, 6.07) is 11.8. The first-order valence-electron chi connectivity index (χ1n) is 9.68. The summed E-state index contributed by atoms with van der Waals surface area (Å²) in [6.07, 6.45) is -15.1. The molecule has 3 nitrogen and oxygen atoms in total. The number of alkyl halides is 6. The largest absolute Gasteiger partial charge is 0.457 e. The summed E-state index contributed by atoms with van der Waals surface area (Å²) in [5.41, 5.74) is -6.38. The molecule has 1 N–H and O–H groups in total. The molecule has 3 unspecified atom stereocenters. The van der Waals surface area contributed by atoms with Gasteiger partial charge in [-0.3, -0.25) is 4.79 Å². The Balaban J connectivity index is 2.15. The summed E-state index contributed by atoms with van der Waals surface area (Å²) in [5.74, 6) is -3.10. The van der Waals surface area contributed by atoms with Gasteiger partial charge < -0.3 is 9.84 Å². The predicted octanol–water partition coefficient (Wildman–Crippen LogP) is 5.96. The second-order valence-electron chi connectivity index (χ2n) is 8.54. The predicted molar refractivity (Wildman–Crippen MR) is 101 cm³/mol. The highest BCUT2D eigenvalue weighted by Gasteiger charge is 2.73. The van der Waals surface area contributed by atoms with Crippen molar-refractivity contribution in [2.45, 2.75) is 51.2 Å². The zero-order valence-electron chi connectivity index (χ0n) is 17.0. The van der Waals surface area contributed by atoms with E-state index in [1.807, 2.05) is 0 Å². The first-order valence-corrected chi connectivity index (χ1v) is 9.68. The van der Waals surface area contributed by atoms with E-state index in [9.17, 15) is 36.2 Å². The van der Waals surface area contributed by atoms with E-state index >= 15 is 0 Å². The SMILES string of the molecule is CC(C)C1(C)C(=O)OC(c2ccc3ccccc3c2)C1CC(O)(C(F)(F)F)C(F)(F)F. The first-order chi connectivity index (χ1) is 14.1. The van der Waals surface area contributed by atoms with Crippen LogP contribution in [0.5, 0.6) is 0 Å². The second kappa shape index (κ2) is 7.39. The van der Waals surface area contributed by atoms with Gasteiger partial charge in [-0.2, -0.15) is 26.3 Å². The minimum Gasteiger partial charge on any atom is -0.457 e. The summed E-state index contributed by atoms with van der Waals surface area (Å²) in [7, 11) is 0. The average molecular weight is 448 g/mol. The van der Waals surface area contributed by atoms with E-state index in [-0.39, 0.29) is 5.56 Å². The number of carbonyl (C=O) groups excluding carboxylic acids is 1. The maximum Gasteiger partial charge on any atom is 0.426 e. The van der Waals surface area contributed by atoms with Crippen LogP contribution in [0.15, 0.2) is 42.5 Å². The molecule has 3 atom stereocenters. The second-order valence-corrected chi connectivity index (χ2v) is 8.54. The molecule has 0 amide bonds. The van der Waals surface area contributed by atoms with Gasteiger partial charge in [0.1, 0.15) is 6.10 Å². The third kappa shape index (κ3) is 3.66. The molecule has 1 aliphatic heterocycles. The number of halogens is 6. The monoisotopic (exact) mass is 448 g/mol. The summed E-state index contributed by atoms with van der Waals surface area (Å²) >= 11 is 0. The normalized spacial score (nSPS) is 25.3. The number of hydrogen-bond acceptors (Lipinski definition) is 3. The molecule has 0 radical (unpaired) electrons. The van der Waals surface area contributed by atoms with Crippen LogP contribution < -0.4 is 0 Å². The zero-order chi connectivity index (χ0) is 23.4. The Morgan fingerprint density at radius 1 is 1.00 bits per heavy atom. The molecule has 2 aromatic carbocycles. The third-order valence-corrected chi connectivity index (χ3v) is 6.56. The van der Waals surface area contributed by atoms with E-state index in [0.717, 1.165) is 5.39 Å². The summed E-state index contributed by atoms with van der Waals surface area (Å²) < 4.78 is 86.0. The van der Waals surface area contributed by atoms with Gasteiger partial charge in [0.2, 0.25) is 0 Å². The Morgan fingerprint density at radius 2 is 1.55 bits per heavy atom. The van der Waals surface area contributed by atoms with Crippen LogP contribution in [-0.4, -0.2) is 29.0 Å². The van der Waals surface area contributed by atoms with E-state index in [0.29, 0.717) is 5.39 Å². The Bertz CT molecular complexity index is 967. The number of ether oxygens (including phenoxy) is 1. The lowest BCUT2D eigenvalue weighted by molar-refractivity contribution is -0.374. The fourth-order valence-corrected chi connectivity index (χ4v) is 4.17. The van der Waals surface area contributed by atoms with Crippen LogP contribution in [0.4, 0.5) is 26.3 Å². The van der Waals surface area contributed by atoms with E-state index in [1.54, 1.807) is 36.4 Å². The summed E-state index contributed by atoms with van der Waals surface area (Å²) in [5, 5.41) is 11.4. The fourth-order valence-electron chi connectivity index (χ4n) is 4.17. The molecule has 0 bridgehead atoms. The molecule has 31 heavy (non-hydrogen) atoms. The Labute approximate surface area is 175 Å². The van der Waals surface area contributed by atoms with Gasteiger partial charge in [0.15, 0.2) is 0 Å². The van der Waals surface area contributed by atoms with Gasteiger partial charge in [-0.25, -0.2) is 0 Å². The van der Waals surface area contributed by atoms with Crippen LogP contribution in [0.25, 0.3) is 10.8 Å². The molecule has 170 valence electrons. The minimum atomic E-state index is -5.98. The number of esters is 1. The van der Waals surface area contributed by atoms with Crippen LogP contribution in [0.1, 0.15) is 38.9 Å². The number of fused-ring (bicyclic) bond motifs is 1. The number of benzene rings is 2. The molecule has 0 aliphatic carbocycles. The van der Waals surface area contributed by atoms with Gasteiger partial charge in [-0.1, -0.05) is 50.2 Å². The van der Waals surface area contributed by atoms with E-state index in [1.165, 1.54) is 26.8 Å². The van der Waals surface area contributed by atoms with Gasteiger partial charge in [0.05, 0.1) is 5.41 Å². The van der Waals surface area contributed by atoms with Gasteiger partial charge in [0, 0.05) is 12.3 Å². The van der Waals surface area contributed by atoms with Gasteiger partial charge in [-0.05, 0) is 35.2 Å². The van der Waals surface area contributed by atoms with Crippen molar-refractivity contribution in [1.82, 2.24) is 0 Å². The van der Waals surface area contributed by atoms with Crippen molar-refractivity contribution >= 4 is 16.7 Å². The van der Waals surface area contributed by atoms with Gasteiger partial charge in [-0.15, -0.1) is 0 Å². The highest BCUT2D eigenvalue weighted by molar-refractivity contribution is 5.84. The first kappa shape index (κ1) is 23.4. The highest BCUT2D eigenvalue weighted by atomic mass is 19.4. The number of rotatable bonds is 4. The maximum atomic E-state index is 13.4. The smallest absolute Gasteiger partial charge is 0.426 e. The number of cyclic esters (lactones) is 1. The Hall–Kier alpha value is -2.29. The molecule has 3 rings (SSSR count). The van der Waals surface area contributed by atoms with Crippen molar-refractivity contribution in [2.75, 3.05) is 0 Å². The van der Waals surface area contributed by atoms with Crippen molar-refractivity contribution in [3.05, 3.63) is 48.0 Å². The zero-order valence-corrected chi connectivity index (χ0v) is 17.0. The Kier molecular flexibility index (Phi) is 5.57. The van der Waals surface area contributed by atoms with E-state index in [4.69, 9.17) is 4.74 Å². The van der Waals surface area contributed by atoms with Crippen LogP contribution in [0.3, 0.4) is 0 Å². The van der Waals surface area contributed by atoms with Crippen molar-refractivity contribution in [1.29, 1.82) is 0 Å². The molecule has 0 spiro atoms. The average Bonchev–Trinajstić information content (AvgIpc) is 2.91. The van der Waals surface area contributed by atoms with Crippen LogP contribution >= 0.6 is 0 Å². The summed E-state index contributed by atoms with van der Waals surface area (Å²) in [6.45, 7) is 4.34. The number of hydrogen-bond donors (Lipinski definition) is 1. The highest BCUT2D eigenvalue weighted by Crippen LogP contribution is 2.58. The quantitative estimate of drug-likeness (QED) is 0.464. The fraction of sp³-hybridized carbons (Fsp3) is 0.500. The van der Waals surface area contributed by atoms with Crippen molar-refractivity contribution < 1.29 is 41.0 Å². The van der Waals surface area contributed by atoms with Crippen LogP contribution in [-0.2, 0) is 9.53 Å². The third-order valence-electron chi connectivity index (χ3n) is 6.56. The minimum absolute atomic E-state index is 0.271. The molecule has 9 heteroatoms. The molecule has 1 fully saturated rings. The Morgan fingerprint density at radius 3 is 2.06 bits per heavy atom. The lowest BCUT2D eigenvalue weighted by atomic mass is 9.64.